The summed E-state index contributed by atoms with van der Waals surface area (Å²) < 4.78 is 0.512. The molecule has 1 aromatic heterocycles. The lowest BCUT2D eigenvalue weighted by Crippen LogP contribution is -2.27. The molecule has 6 heteroatoms. The van der Waals surface area contributed by atoms with E-state index in [4.69, 9.17) is 0 Å². The predicted octanol–water partition coefficient (Wildman–Crippen LogP) is 4.14. The molecule has 106 valence electrons. The molecule has 0 bridgehead atoms. The zero-order valence-electron chi connectivity index (χ0n) is 11.0. The maximum Gasteiger partial charge on any atom is 0.283 e. The van der Waals surface area contributed by atoms with E-state index >= 15 is 0 Å². The lowest BCUT2D eigenvalue weighted by molar-refractivity contribution is -0.385. The Morgan fingerprint density at radius 1 is 1.45 bits per heavy atom. The van der Waals surface area contributed by atoms with Gasteiger partial charge in [0.25, 0.3) is 5.69 Å². The number of nitrogens with zero attached hydrogens (tertiary/aromatic N) is 1. The van der Waals surface area contributed by atoms with Crippen molar-refractivity contribution in [3.8, 4) is 0 Å². The van der Waals surface area contributed by atoms with E-state index in [2.05, 4.69) is 39.6 Å². The number of nitro groups is 1. The summed E-state index contributed by atoms with van der Waals surface area (Å²) in [5, 5.41) is 16.3. The fourth-order valence-electron chi connectivity index (χ4n) is 1.90. The van der Waals surface area contributed by atoms with Gasteiger partial charge < -0.3 is 5.32 Å². The number of hydrogen-bond donors (Lipinski definition) is 1. The van der Waals surface area contributed by atoms with Crippen LogP contribution in [0.3, 0.4) is 0 Å². The van der Waals surface area contributed by atoms with E-state index in [9.17, 15) is 10.1 Å². The third-order valence-corrected chi connectivity index (χ3v) is 4.52. The molecule has 0 saturated carbocycles. The largest absolute Gasteiger partial charge is 0.310 e. The van der Waals surface area contributed by atoms with Gasteiger partial charge in [0.05, 0.1) is 9.40 Å². The van der Waals surface area contributed by atoms with Gasteiger partial charge in [-0.15, -0.1) is 11.3 Å². The van der Waals surface area contributed by atoms with Crippen LogP contribution in [0.15, 0.2) is 40.2 Å². The van der Waals surface area contributed by atoms with E-state index in [1.54, 1.807) is 23.5 Å². The topological polar surface area (TPSA) is 55.2 Å². The van der Waals surface area contributed by atoms with Crippen LogP contribution in [-0.2, 0) is 13.0 Å². The third-order valence-electron chi connectivity index (χ3n) is 2.95. The molecule has 20 heavy (non-hydrogen) atoms. The Hall–Kier alpha value is -1.24. The monoisotopic (exact) mass is 354 g/mol. The number of nitrogens with one attached hydrogen (secondary N) is 1. The average molecular weight is 355 g/mol. The Kier molecular flexibility index (Phi) is 5.28. The lowest BCUT2D eigenvalue weighted by Gasteiger charge is -2.13. The van der Waals surface area contributed by atoms with Crippen LogP contribution in [0.4, 0.5) is 5.69 Å². The molecule has 0 aliphatic rings. The van der Waals surface area contributed by atoms with Crippen LogP contribution < -0.4 is 5.32 Å². The molecule has 2 aromatic rings. The minimum absolute atomic E-state index is 0.107. The molecule has 0 radical (unpaired) electrons. The van der Waals surface area contributed by atoms with Gasteiger partial charge >= 0.3 is 0 Å². The Morgan fingerprint density at radius 2 is 2.25 bits per heavy atom. The minimum Gasteiger partial charge on any atom is -0.310 e. The highest BCUT2D eigenvalue weighted by atomic mass is 79.9. The summed E-state index contributed by atoms with van der Waals surface area (Å²) in [6.07, 6.45) is 0.969. The highest BCUT2D eigenvalue weighted by Crippen LogP contribution is 2.25. The van der Waals surface area contributed by atoms with Gasteiger partial charge in [0.15, 0.2) is 0 Å². The molecule has 2 rings (SSSR count). The van der Waals surface area contributed by atoms with Crippen LogP contribution in [0.5, 0.6) is 0 Å². The fraction of sp³-hybridized carbons (Fsp3) is 0.286. The molecule has 0 aliphatic heterocycles. The van der Waals surface area contributed by atoms with Gasteiger partial charge in [0.2, 0.25) is 0 Å². The van der Waals surface area contributed by atoms with Crippen molar-refractivity contribution in [2.45, 2.75) is 25.9 Å². The molecule has 4 nitrogen and oxygen atoms in total. The zero-order chi connectivity index (χ0) is 14.5. The summed E-state index contributed by atoms with van der Waals surface area (Å²) in [6, 6.07) is 9.71. The SMILES string of the molecule is CC(Cc1cccs1)NCc1ccc(Br)c([N+](=O)[O-])c1. The van der Waals surface area contributed by atoms with Gasteiger partial charge in [-0.2, -0.15) is 0 Å². The molecule has 1 atom stereocenters. The van der Waals surface area contributed by atoms with Gasteiger partial charge in [-0.25, -0.2) is 0 Å². The quantitative estimate of drug-likeness (QED) is 0.626. The van der Waals surface area contributed by atoms with Crippen molar-refractivity contribution in [3.63, 3.8) is 0 Å². The van der Waals surface area contributed by atoms with Crippen molar-refractivity contribution < 1.29 is 4.92 Å². The van der Waals surface area contributed by atoms with Crippen LogP contribution in [-0.4, -0.2) is 11.0 Å². The van der Waals surface area contributed by atoms with Crippen molar-refractivity contribution >= 4 is 33.0 Å². The fourth-order valence-corrected chi connectivity index (χ4v) is 3.13. The number of thiophene rings is 1. The molecular weight excluding hydrogens is 340 g/mol. The minimum atomic E-state index is -0.372. The van der Waals surface area contributed by atoms with E-state index in [1.165, 1.54) is 4.88 Å². The Bertz CT molecular complexity index is 587. The number of rotatable bonds is 6. The molecule has 1 unspecified atom stereocenters. The van der Waals surface area contributed by atoms with Crippen LogP contribution in [0, 0.1) is 10.1 Å². The molecule has 1 N–H and O–H groups in total. The maximum absolute atomic E-state index is 10.9. The first-order valence-electron chi connectivity index (χ1n) is 6.25. The van der Waals surface area contributed by atoms with E-state index in [0.29, 0.717) is 17.1 Å². The normalized spacial score (nSPS) is 12.3. The number of nitro benzene ring substituents is 1. The molecular formula is C14H15BrN2O2S. The maximum atomic E-state index is 10.9. The molecule has 0 fully saturated rings. The van der Waals surface area contributed by atoms with E-state index in [0.717, 1.165) is 12.0 Å². The summed E-state index contributed by atoms with van der Waals surface area (Å²) >= 11 is 4.94. The van der Waals surface area contributed by atoms with Crippen molar-refractivity contribution in [2.24, 2.45) is 0 Å². The summed E-state index contributed by atoms with van der Waals surface area (Å²) in [5.41, 5.74) is 1.02. The first kappa shape index (κ1) is 15.2. The lowest BCUT2D eigenvalue weighted by atomic mass is 10.1. The average Bonchev–Trinajstić information content (AvgIpc) is 2.90. The Labute approximate surface area is 130 Å². The highest BCUT2D eigenvalue weighted by Gasteiger charge is 2.12. The van der Waals surface area contributed by atoms with E-state index in [1.807, 2.05) is 12.1 Å². The van der Waals surface area contributed by atoms with E-state index < -0.39 is 0 Å². The number of hydrogen-bond acceptors (Lipinski definition) is 4. The predicted molar refractivity (Wildman–Crippen MR) is 85.1 cm³/mol. The van der Waals surface area contributed by atoms with Crippen LogP contribution in [0.1, 0.15) is 17.4 Å². The number of halogens is 1. The van der Waals surface area contributed by atoms with Crippen molar-refractivity contribution in [3.05, 3.63) is 60.7 Å². The second-order valence-electron chi connectivity index (χ2n) is 4.61. The van der Waals surface area contributed by atoms with Gasteiger partial charge in [-0.1, -0.05) is 12.1 Å². The molecule has 0 spiro atoms. The Morgan fingerprint density at radius 3 is 2.90 bits per heavy atom. The molecule has 0 saturated heterocycles. The first-order chi connectivity index (χ1) is 9.56. The van der Waals surface area contributed by atoms with Crippen LogP contribution in [0.25, 0.3) is 0 Å². The zero-order valence-corrected chi connectivity index (χ0v) is 13.4. The summed E-state index contributed by atoms with van der Waals surface area (Å²) in [6.45, 7) is 2.74. The molecule has 1 aromatic carbocycles. The van der Waals surface area contributed by atoms with Gasteiger partial charge in [0, 0.05) is 23.5 Å². The highest BCUT2D eigenvalue weighted by molar-refractivity contribution is 9.10. The smallest absolute Gasteiger partial charge is 0.283 e. The van der Waals surface area contributed by atoms with Crippen LogP contribution >= 0.6 is 27.3 Å². The van der Waals surface area contributed by atoms with Gasteiger partial charge in [-0.3, -0.25) is 10.1 Å². The summed E-state index contributed by atoms with van der Waals surface area (Å²) in [4.78, 5) is 11.8. The standard InChI is InChI=1S/C14H15BrN2O2S/c1-10(7-12-3-2-6-20-12)16-9-11-4-5-13(15)14(8-11)17(18)19/h2-6,8,10,16H,7,9H2,1H3. The second kappa shape index (κ2) is 6.97. The summed E-state index contributed by atoms with van der Waals surface area (Å²) in [7, 11) is 0. The number of benzene rings is 1. The second-order valence-corrected chi connectivity index (χ2v) is 6.49. The third kappa shape index (κ3) is 4.13. The van der Waals surface area contributed by atoms with Gasteiger partial charge in [0.1, 0.15) is 0 Å². The first-order valence-corrected chi connectivity index (χ1v) is 7.92. The van der Waals surface area contributed by atoms with Crippen molar-refractivity contribution in [1.29, 1.82) is 0 Å². The summed E-state index contributed by atoms with van der Waals surface area (Å²) in [5.74, 6) is 0. The molecule has 1 heterocycles. The van der Waals surface area contributed by atoms with Crippen molar-refractivity contribution in [2.75, 3.05) is 0 Å². The van der Waals surface area contributed by atoms with Crippen LogP contribution in [0.2, 0.25) is 0 Å². The molecule has 0 aliphatic carbocycles. The Balaban J connectivity index is 1.93. The van der Waals surface area contributed by atoms with Gasteiger partial charge in [-0.05, 0) is 52.4 Å². The molecule has 0 amide bonds. The van der Waals surface area contributed by atoms with Crippen molar-refractivity contribution in [1.82, 2.24) is 5.32 Å². The van der Waals surface area contributed by atoms with E-state index in [-0.39, 0.29) is 10.6 Å².